The van der Waals surface area contributed by atoms with Crippen molar-refractivity contribution in [3.05, 3.63) is 64.1 Å². The molecule has 6 nitrogen and oxygen atoms in total. The Labute approximate surface area is 201 Å². The average molecular weight is 519 g/mol. The molecule has 0 spiro atoms. The Morgan fingerprint density at radius 3 is 2.36 bits per heavy atom. The Morgan fingerprint density at radius 1 is 1.15 bits per heavy atom. The highest BCUT2D eigenvalue weighted by Gasteiger charge is 2.33. The Balaban J connectivity index is 1.71. The summed E-state index contributed by atoms with van der Waals surface area (Å²) in [7, 11) is 0. The minimum atomic E-state index is -0.703. The van der Waals surface area contributed by atoms with Crippen molar-refractivity contribution in [2.24, 2.45) is 5.92 Å². The zero-order valence-electron chi connectivity index (χ0n) is 19.0. The van der Waals surface area contributed by atoms with Crippen molar-refractivity contribution in [3.63, 3.8) is 0 Å². The van der Waals surface area contributed by atoms with Crippen molar-refractivity contribution in [3.8, 4) is 0 Å². The fourth-order valence-corrected chi connectivity index (χ4v) is 4.27. The van der Waals surface area contributed by atoms with Gasteiger partial charge in [0.15, 0.2) is 5.78 Å². The maximum absolute atomic E-state index is 13.3. The lowest BCUT2D eigenvalue weighted by molar-refractivity contribution is -0.124. The molecule has 2 heterocycles. The number of carbonyl (C=O) groups is 3. The molecule has 1 saturated heterocycles. The van der Waals surface area contributed by atoms with Crippen LogP contribution in [0.1, 0.15) is 61.9 Å². The molecule has 0 radical (unpaired) electrons. The number of ketones is 2. The molecule has 0 saturated carbocycles. The molecule has 33 heavy (non-hydrogen) atoms. The lowest BCUT2D eigenvalue weighted by atomic mass is 9.82. The lowest BCUT2D eigenvalue weighted by Gasteiger charge is -2.33. The van der Waals surface area contributed by atoms with Gasteiger partial charge < -0.3 is 9.64 Å². The number of carbonyl (C=O) groups excluding carboxylic acids is 3. The zero-order chi connectivity index (χ0) is 24.2. The number of pyridine rings is 1. The van der Waals surface area contributed by atoms with Crippen LogP contribution in [0.25, 0.3) is 0 Å². The number of amides is 1. The van der Waals surface area contributed by atoms with Crippen LogP contribution < -0.4 is 0 Å². The summed E-state index contributed by atoms with van der Waals surface area (Å²) in [5.74, 6) is -1.63. The van der Waals surface area contributed by atoms with Crippen LogP contribution in [0.5, 0.6) is 0 Å². The first kappa shape index (κ1) is 25.0. The van der Waals surface area contributed by atoms with Gasteiger partial charge in [0.2, 0.25) is 0 Å². The van der Waals surface area contributed by atoms with E-state index >= 15 is 0 Å². The van der Waals surface area contributed by atoms with Gasteiger partial charge in [-0.05, 0) is 91.5 Å². The molecule has 8 heteroatoms. The standard InChI is InChI=1S/C25H28BrFN2O4/c1-25(2,3)33-24(32)29-12-9-16(10-13-29)21(30)15-20(18-8-11-28-22(26)14-18)23(31)17-4-6-19(27)7-5-17/h4-8,11,14,16,20H,9-10,12-13,15H2,1-3H3. The predicted molar refractivity (Wildman–Crippen MR) is 126 cm³/mol. The van der Waals surface area contributed by atoms with Crippen LogP contribution in [0.2, 0.25) is 0 Å². The van der Waals surface area contributed by atoms with Crippen LogP contribution in [0.3, 0.4) is 0 Å². The topological polar surface area (TPSA) is 76.6 Å². The largest absolute Gasteiger partial charge is 0.444 e. The summed E-state index contributed by atoms with van der Waals surface area (Å²) in [5.41, 5.74) is 0.448. The number of hydrogen-bond acceptors (Lipinski definition) is 5. The van der Waals surface area contributed by atoms with Crippen molar-refractivity contribution in [1.82, 2.24) is 9.88 Å². The summed E-state index contributed by atoms with van der Waals surface area (Å²) >= 11 is 3.32. The predicted octanol–water partition coefficient (Wildman–Crippen LogP) is 5.56. The Hall–Kier alpha value is -2.61. The molecule has 2 aromatic rings. The highest BCUT2D eigenvalue weighted by Crippen LogP contribution is 2.30. The van der Waals surface area contributed by atoms with Crippen LogP contribution in [0, 0.1) is 11.7 Å². The van der Waals surface area contributed by atoms with Crippen molar-refractivity contribution in [1.29, 1.82) is 0 Å². The molecule has 0 N–H and O–H groups in total. The fourth-order valence-electron chi connectivity index (χ4n) is 3.89. The highest BCUT2D eigenvalue weighted by molar-refractivity contribution is 9.10. The molecule has 3 rings (SSSR count). The van der Waals surface area contributed by atoms with E-state index in [1.54, 1.807) is 23.2 Å². The monoisotopic (exact) mass is 518 g/mol. The summed E-state index contributed by atoms with van der Waals surface area (Å²) in [5, 5.41) is 0. The summed E-state index contributed by atoms with van der Waals surface area (Å²) in [4.78, 5) is 44.5. The van der Waals surface area contributed by atoms with Crippen LogP contribution in [-0.4, -0.2) is 46.2 Å². The third kappa shape index (κ3) is 6.93. The van der Waals surface area contributed by atoms with Gasteiger partial charge in [-0.3, -0.25) is 9.59 Å². The first-order valence-electron chi connectivity index (χ1n) is 11.0. The number of aromatic nitrogens is 1. The van der Waals surface area contributed by atoms with Gasteiger partial charge in [-0.15, -0.1) is 0 Å². The summed E-state index contributed by atoms with van der Waals surface area (Å²) in [6.45, 7) is 6.32. The van der Waals surface area contributed by atoms with Crippen molar-refractivity contribution >= 4 is 33.6 Å². The van der Waals surface area contributed by atoms with Gasteiger partial charge in [0.1, 0.15) is 21.8 Å². The van der Waals surface area contributed by atoms with Crippen molar-refractivity contribution in [2.75, 3.05) is 13.1 Å². The Kier molecular flexibility index (Phi) is 8.00. The minimum absolute atomic E-state index is 0.0211. The number of ether oxygens (including phenoxy) is 1. The Bertz CT molecular complexity index is 1010. The maximum Gasteiger partial charge on any atom is 0.410 e. The third-order valence-corrected chi connectivity index (χ3v) is 6.04. The molecule has 1 aromatic heterocycles. The van der Waals surface area contributed by atoms with E-state index in [1.807, 2.05) is 20.8 Å². The summed E-state index contributed by atoms with van der Waals surface area (Å²) in [6.07, 6.45) is 2.28. The number of likely N-dealkylation sites (tertiary alicyclic amines) is 1. The van der Waals surface area contributed by atoms with E-state index in [-0.39, 0.29) is 30.0 Å². The molecule has 1 atom stereocenters. The molecule has 1 aliphatic heterocycles. The highest BCUT2D eigenvalue weighted by atomic mass is 79.9. The molecule has 1 fully saturated rings. The molecule has 1 unspecified atom stereocenters. The van der Waals surface area contributed by atoms with Crippen LogP contribution in [0.4, 0.5) is 9.18 Å². The zero-order valence-corrected chi connectivity index (χ0v) is 20.6. The van der Waals surface area contributed by atoms with Gasteiger partial charge in [-0.2, -0.15) is 0 Å². The number of benzene rings is 1. The molecular weight excluding hydrogens is 491 g/mol. The molecule has 176 valence electrons. The fraction of sp³-hybridized carbons (Fsp3) is 0.440. The minimum Gasteiger partial charge on any atom is -0.444 e. The van der Waals surface area contributed by atoms with E-state index < -0.39 is 17.3 Å². The van der Waals surface area contributed by atoms with E-state index in [4.69, 9.17) is 4.74 Å². The van der Waals surface area contributed by atoms with Gasteiger partial charge in [0.05, 0.1) is 5.92 Å². The number of halogens is 2. The van der Waals surface area contributed by atoms with Crippen LogP contribution >= 0.6 is 15.9 Å². The molecule has 1 amide bonds. The van der Waals surface area contributed by atoms with Gasteiger partial charge in [0, 0.05) is 37.2 Å². The first-order valence-corrected chi connectivity index (χ1v) is 11.7. The van der Waals surface area contributed by atoms with E-state index in [1.165, 1.54) is 24.3 Å². The smallest absolute Gasteiger partial charge is 0.410 e. The second-order valence-corrected chi connectivity index (χ2v) is 10.1. The number of piperidine rings is 1. The number of Topliss-reactive ketones (excluding diaryl/α,β-unsaturated/α-hetero) is 2. The lowest BCUT2D eigenvalue weighted by Crippen LogP contribution is -2.43. The van der Waals surface area contributed by atoms with E-state index in [0.29, 0.717) is 41.7 Å². The molecule has 1 aromatic carbocycles. The quantitative estimate of drug-likeness (QED) is 0.369. The van der Waals surface area contributed by atoms with Crippen molar-refractivity contribution < 1.29 is 23.5 Å². The SMILES string of the molecule is CC(C)(C)OC(=O)N1CCC(C(=O)CC(C(=O)c2ccc(F)cc2)c2ccnc(Br)c2)CC1. The summed E-state index contributed by atoms with van der Waals surface area (Å²) in [6, 6.07) is 8.79. The Morgan fingerprint density at radius 2 is 1.79 bits per heavy atom. The molecule has 1 aliphatic rings. The normalized spacial score (nSPS) is 15.7. The average Bonchev–Trinajstić information content (AvgIpc) is 2.76. The van der Waals surface area contributed by atoms with Gasteiger partial charge in [0.25, 0.3) is 0 Å². The second-order valence-electron chi connectivity index (χ2n) is 9.25. The molecule has 0 aliphatic carbocycles. The van der Waals surface area contributed by atoms with Gasteiger partial charge in [-0.1, -0.05) is 0 Å². The third-order valence-electron chi connectivity index (χ3n) is 5.61. The van der Waals surface area contributed by atoms with Gasteiger partial charge >= 0.3 is 6.09 Å². The molecular formula is C25H28BrFN2O4. The van der Waals surface area contributed by atoms with Gasteiger partial charge in [-0.25, -0.2) is 14.2 Å². The number of rotatable bonds is 6. The second kappa shape index (κ2) is 10.5. The van der Waals surface area contributed by atoms with E-state index in [2.05, 4.69) is 20.9 Å². The maximum atomic E-state index is 13.3. The van der Waals surface area contributed by atoms with Crippen LogP contribution in [-0.2, 0) is 9.53 Å². The van der Waals surface area contributed by atoms with E-state index in [0.717, 1.165) is 0 Å². The van der Waals surface area contributed by atoms with E-state index in [9.17, 15) is 18.8 Å². The number of nitrogens with zero attached hydrogens (tertiary/aromatic N) is 2. The molecule has 0 bridgehead atoms. The number of hydrogen-bond donors (Lipinski definition) is 0. The van der Waals surface area contributed by atoms with Crippen LogP contribution in [0.15, 0.2) is 47.2 Å². The first-order chi connectivity index (χ1) is 15.5. The summed E-state index contributed by atoms with van der Waals surface area (Å²) < 4.78 is 19.3. The van der Waals surface area contributed by atoms with Crippen molar-refractivity contribution in [2.45, 2.75) is 51.6 Å².